The van der Waals surface area contributed by atoms with Gasteiger partial charge in [0.2, 0.25) is 0 Å². The van der Waals surface area contributed by atoms with E-state index < -0.39 is 15.4 Å². The van der Waals surface area contributed by atoms with Crippen LogP contribution in [0.5, 0.6) is 0 Å². The molecule has 1 heteroatoms. The molecule has 170 valence electrons. The second-order valence-corrected chi connectivity index (χ2v) is 13.9. The van der Waals surface area contributed by atoms with Gasteiger partial charge in [-0.15, -0.1) is 0 Å². The van der Waals surface area contributed by atoms with Gasteiger partial charge in [0.25, 0.3) is 0 Å². The molecular weight excluding hydrogens is 433 g/mol. The second-order valence-electron chi connectivity index (χ2n) is 11.1. The Bertz CT molecular complexity index is 808. The van der Waals surface area contributed by atoms with Crippen molar-refractivity contribution in [2.24, 2.45) is 0 Å². The van der Waals surface area contributed by atoms with Crippen LogP contribution in [0.2, 0.25) is 0 Å². The standard InChI is InChI=1S/C30H46Ge/c1-17(2)23-13-15-25(29(21(9)10)27(23)19(5)6)31-26-16-14-24(18(3)4)28(20(7)8)30(26)22(11)12/h13-22H,1-12H3. The van der Waals surface area contributed by atoms with Crippen molar-refractivity contribution in [2.75, 3.05) is 0 Å². The van der Waals surface area contributed by atoms with Crippen LogP contribution in [-0.4, -0.2) is 15.4 Å². The first-order chi connectivity index (χ1) is 14.4. The molecule has 2 aromatic carbocycles. The van der Waals surface area contributed by atoms with Crippen LogP contribution in [-0.2, 0) is 0 Å². The summed E-state index contributed by atoms with van der Waals surface area (Å²) in [4.78, 5) is 0. The molecule has 0 saturated carbocycles. The minimum atomic E-state index is -0.405. The average molecular weight is 479 g/mol. The van der Waals surface area contributed by atoms with Gasteiger partial charge in [0.1, 0.15) is 0 Å². The van der Waals surface area contributed by atoms with Crippen LogP contribution in [0.4, 0.5) is 0 Å². The van der Waals surface area contributed by atoms with Gasteiger partial charge in [-0.1, -0.05) is 0 Å². The van der Waals surface area contributed by atoms with E-state index in [1.807, 2.05) is 0 Å². The molecule has 0 N–H and O–H groups in total. The summed E-state index contributed by atoms with van der Waals surface area (Å²) in [6.45, 7) is 28.5. The van der Waals surface area contributed by atoms with Gasteiger partial charge >= 0.3 is 200 Å². The fraction of sp³-hybridized carbons (Fsp3) is 0.600. The fourth-order valence-electron chi connectivity index (χ4n) is 5.21. The summed E-state index contributed by atoms with van der Waals surface area (Å²) in [7, 11) is 0. The molecule has 0 bridgehead atoms. The minimum absolute atomic E-state index is 0.405. The first kappa shape index (κ1) is 26.2. The molecular formula is C30H46Ge. The van der Waals surface area contributed by atoms with E-state index in [-0.39, 0.29) is 0 Å². The SMILES string of the molecule is CC(C)c1cc[c]([Ge][c]2ccc(C(C)C)c(C(C)C)c2C(C)C)c(C(C)C)c1C(C)C. The predicted molar refractivity (Wildman–Crippen MR) is 142 cm³/mol. The summed E-state index contributed by atoms with van der Waals surface area (Å²) in [5.41, 5.74) is 9.65. The molecule has 2 rings (SSSR count). The van der Waals surface area contributed by atoms with Crippen LogP contribution in [0.1, 0.15) is 152 Å². The predicted octanol–water partition coefficient (Wildman–Crippen LogP) is 8.08. The van der Waals surface area contributed by atoms with Gasteiger partial charge in [-0.25, -0.2) is 0 Å². The van der Waals surface area contributed by atoms with Crippen molar-refractivity contribution in [1.29, 1.82) is 0 Å². The van der Waals surface area contributed by atoms with Crippen LogP contribution >= 0.6 is 0 Å². The Morgan fingerprint density at radius 1 is 0.387 bits per heavy atom. The monoisotopic (exact) mass is 480 g/mol. The summed E-state index contributed by atoms with van der Waals surface area (Å²) in [6, 6.07) is 9.88. The van der Waals surface area contributed by atoms with Crippen molar-refractivity contribution in [3.05, 3.63) is 57.6 Å². The summed E-state index contributed by atoms with van der Waals surface area (Å²) >= 11 is -0.405. The van der Waals surface area contributed by atoms with Crippen molar-refractivity contribution in [1.82, 2.24) is 0 Å². The molecule has 31 heavy (non-hydrogen) atoms. The van der Waals surface area contributed by atoms with E-state index in [4.69, 9.17) is 0 Å². The Labute approximate surface area is 200 Å². The molecule has 2 aromatic rings. The summed E-state index contributed by atoms with van der Waals surface area (Å²) in [6.07, 6.45) is 0. The third-order valence-electron chi connectivity index (χ3n) is 6.46. The third-order valence-corrected chi connectivity index (χ3v) is 9.42. The van der Waals surface area contributed by atoms with Crippen LogP contribution in [0.3, 0.4) is 0 Å². The average Bonchev–Trinajstić information content (AvgIpc) is 2.65. The van der Waals surface area contributed by atoms with Crippen molar-refractivity contribution >= 4 is 24.2 Å². The zero-order chi connectivity index (χ0) is 23.6. The Kier molecular flexibility index (Phi) is 9.08. The Hall–Kier alpha value is -1.02. The molecule has 0 saturated heterocycles. The van der Waals surface area contributed by atoms with E-state index >= 15 is 0 Å². The van der Waals surface area contributed by atoms with E-state index in [1.165, 1.54) is 0 Å². The van der Waals surface area contributed by atoms with E-state index in [0.717, 1.165) is 0 Å². The molecule has 0 unspecified atom stereocenters. The quantitative estimate of drug-likeness (QED) is 0.336. The van der Waals surface area contributed by atoms with Gasteiger partial charge in [-0.3, -0.25) is 0 Å². The van der Waals surface area contributed by atoms with Gasteiger partial charge in [0.05, 0.1) is 0 Å². The molecule has 0 aliphatic rings. The van der Waals surface area contributed by atoms with Gasteiger partial charge in [-0.05, 0) is 0 Å². The van der Waals surface area contributed by atoms with Gasteiger partial charge in [-0.2, -0.15) is 0 Å². The first-order valence-corrected chi connectivity index (χ1v) is 14.6. The first-order valence-electron chi connectivity index (χ1n) is 12.5. The maximum absolute atomic E-state index is 2.49. The zero-order valence-electron chi connectivity index (χ0n) is 22.3. The normalized spacial score (nSPS) is 12.5. The van der Waals surface area contributed by atoms with Gasteiger partial charge < -0.3 is 0 Å². The van der Waals surface area contributed by atoms with Crippen LogP contribution in [0.25, 0.3) is 0 Å². The zero-order valence-corrected chi connectivity index (χ0v) is 24.4. The molecule has 0 fully saturated rings. The van der Waals surface area contributed by atoms with E-state index in [9.17, 15) is 0 Å². The molecule has 0 amide bonds. The van der Waals surface area contributed by atoms with Crippen molar-refractivity contribution < 1.29 is 0 Å². The number of hydrogen-bond acceptors (Lipinski definition) is 0. The molecule has 0 aromatic heterocycles. The van der Waals surface area contributed by atoms with Gasteiger partial charge in [0.15, 0.2) is 0 Å². The maximum atomic E-state index is 2.49. The van der Waals surface area contributed by atoms with Crippen molar-refractivity contribution in [3.63, 3.8) is 0 Å². The van der Waals surface area contributed by atoms with Crippen LogP contribution < -0.4 is 8.79 Å². The number of hydrogen-bond donors (Lipinski definition) is 0. The van der Waals surface area contributed by atoms with Gasteiger partial charge in [0, 0.05) is 0 Å². The van der Waals surface area contributed by atoms with Crippen molar-refractivity contribution in [3.8, 4) is 0 Å². The molecule has 0 atom stereocenters. The third kappa shape index (κ3) is 5.67. The van der Waals surface area contributed by atoms with E-state index in [1.54, 1.807) is 42.2 Å². The Morgan fingerprint density at radius 2 is 0.677 bits per heavy atom. The van der Waals surface area contributed by atoms with Crippen LogP contribution in [0, 0.1) is 0 Å². The Balaban J connectivity index is 2.77. The summed E-state index contributed by atoms with van der Waals surface area (Å²) in [5.74, 6) is 3.43. The Morgan fingerprint density at radius 3 is 0.903 bits per heavy atom. The summed E-state index contributed by atoms with van der Waals surface area (Å²) < 4.78 is 3.30. The topological polar surface area (TPSA) is 0 Å². The second kappa shape index (κ2) is 10.7. The number of benzene rings is 2. The molecule has 0 aliphatic heterocycles. The van der Waals surface area contributed by atoms with E-state index in [0.29, 0.717) is 35.5 Å². The molecule has 0 spiro atoms. The van der Waals surface area contributed by atoms with Crippen LogP contribution in [0.15, 0.2) is 24.3 Å². The van der Waals surface area contributed by atoms with E-state index in [2.05, 4.69) is 107 Å². The molecule has 0 aliphatic carbocycles. The molecule has 2 radical (unpaired) electrons. The summed E-state index contributed by atoms with van der Waals surface area (Å²) in [5, 5.41) is 0. The fourth-order valence-corrected chi connectivity index (χ4v) is 8.86. The molecule has 0 heterocycles. The number of rotatable bonds is 8. The molecule has 0 nitrogen and oxygen atoms in total. The van der Waals surface area contributed by atoms with Crippen molar-refractivity contribution in [2.45, 2.75) is 119 Å².